The van der Waals surface area contributed by atoms with E-state index in [9.17, 15) is 4.79 Å². The zero-order valence-corrected chi connectivity index (χ0v) is 10.4. The molecule has 3 rings (SSSR count). The summed E-state index contributed by atoms with van der Waals surface area (Å²) in [7, 11) is 0. The number of esters is 1. The molecule has 2 aromatic rings. The molecule has 98 valence electrons. The molecule has 0 aliphatic heterocycles. The van der Waals surface area contributed by atoms with Gasteiger partial charge in [0.15, 0.2) is 0 Å². The predicted molar refractivity (Wildman–Crippen MR) is 66.7 cm³/mol. The molecule has 0 radical (unpaired) electrons. The van der Waals surface area contributed by atoms with Crippen molar-refractivity contribution in [2.24, 2.45) is 5.92 Å². The molecular formula is C13H14N4O2. The molecular weight excluding hydrogens is 244 g/mol. The Kier molecular flexibility index (Phi) is 3.22. The first-order chi connectivity index (χ1) is 9.33. The van der Waals surface area contributed by atoms with E-state index in [1.807, 2.05) is 12.1 Å². The number of carbonyl (C=O) groups excluding carboxylic acids is 1. The number of carbonyl (C=O) groups is 1. The van der Waals surface area contributed by atoms with Gasteiger partial charge in [-0.3, -0.25) is 4.79 Å². The van der Waals surface area contributed by atoms with Gasteiger partial charge in [0.25, 0.3) is 0 Å². The van der Waals surface area contributed by atoms with Crippen molar-refractivity contribution < 1.29 is 9.53 Å². The summed E-state index contributed by atoms with van der Waals surface area (Å²) in [5.74, 6) is 0.452. The molecule has 1 aromatic heterocycles. The lowest BCUT2D eigenvalue weighted by molar-refractivity contribution is -0.138. The highest BCUT2D eigenvalue weighted by Gasteiger charge is 2.24. The van der Waals surface area contributed by atoms with Gasteiger partial charge < -0.3 is 4.74 Å². The van der Waals surface area contributed by atoms with Crippen LogP contribution in [-0.2, 0) is 4.79 Å². The van der Waals surface area contributed by atoms with E-state index in [2.05, 4.69) is 15.5 Å². The predicted octanol–water partition coefficient (Wildman–Crippen LogP) is 1.76. The molecule has 0 spiro atoms. The lowest BCUT2D eigenvalue weighted by atomic mass is 10.1. The first kappa shape index (κ1) is 11.8. The number of benzene rings is 1. The molecule has 1 fully saturated rings. The fourth-order valence-electron chi connectivity index (χ4n) is 2.33. The maximum absolute atomic E-state index is 11.9. The van der Waals surface area contributed by atoms with E-state index in [4.69, 9.17) is 4.74 Å². The minimum absolute atomic E-state index is 0.0525. The molecule has 0 unspecified atom stereocenters. The van der Waals surface area contributed by atoms with Gasteiger partial charge in [0.2, 0.25) is 0 Å². The van der Waals surface area contributed by atoms with E-state index < -0.39 is 0 Å². The standard InChI is InChI=1S/C13H14N4O2/c18-13(10-4-1-2-5-10)19-12-7-3-6-11(8-12)17-9-14-15-16-17/h3,6-10H,1-2,4-5H2. The van der Waals surface area contributed by atoms with Crippen LogP contribution < -0.4 is 4.74 Å². The smallest absolute Gasteiger partial charge is 0.314 e. The Hall–Kier alpha value is -2.24. The molecule has 6 nitrogen and oxygen atoms in total. The Bertz CT molecular complexity index is 562. The van der Waals surface area contributed by atoms with Crippen molar-refractivity contribution in [2.45, 2.75) is 25.7 Å². The lowest BCUT2D eigenvalue weighted by Crippen LogP contribution is -2.17. The van der Waals surface area contributed by atoms with Crippen LogP contribution in [-0.4, -0.2) is 26.2 Å². The van der Waals surface area contributed by atoms with E-state index in [1.165, 1.54) is 11.0 Å². The topological polar surface area (TPSA) is 69.9 Å². The van der Waals surface area contributed by atoms with Gasteiger partial charge in [0.1, 0.15) is 12.1 Å². The summed E-state index contributed by atoms with van der Waals surface area (Å²) in [6.07, 6.45) is 5.60. The van der Waals surface area contributed by atoms with Crippen molar-refractivity contribution in [3.05, 3.63) is 30.6 Å². The normalized spacial score (nSPS) is 15.6. The number of hydrogen-bond donors (Lipinski definition) is 0. The number of ether oxygens (including phenoxy) is 1. The zero-order chi connectivity index (χ0) is 13.1. The molecule has 1 aliphatic rings. The van der Waals surface area contributed by atoms with Crippen LogP contribution in [0.4, 0.5) is 0 Å². The molecule has 1 aliphatic carbocycles. The first-order valence-corrected chi connectivity index (χ1v) is 6.38. The van der Waals surface area contributed by atoms with Gasteiger partial charge in [0.05, 0.1) is 11.6 Å². The number of rotatable bonds is 3. The summed E-state index contributed by atoms with van der Waals surface area (Å²) in [6, 6.07) is 7.18. The minimum Gasteiger partial charge on any atom is -0.426 e. The van der Waals surface area contributed by atoms with Gasteiger partial charge in [-0.1, -0.05) is 18.9 Å². The number of hydrogen-bond acceptors (Lipinski definition) is 5. The highest BCUT2D eigenvalue weighted by atomic mass is 16.5. The van der Waals surface area contributed by atoms with Crippen molar-refractivity contribution >= 4 is 5.97 Å². The van der Waals surface area contributed by atoms with Gasteiger partial charge in [-0.2, -0.15) is 0 Å². The summed E-state index contributed by atoms with van der Waals surface area (Å²) in [4.78, 5) is 11.9. The molecule has 1 heterocycles. The van der Waals surface area contributed by atoms with Crippen molar-refractivity contribution in [3.8, 4) is 11.4 Å². The van der Waals surface area contributed by atoms with E-state index in [1.54, 1.807) is 12.1 Å². The lowest BCUT2D eigenvalue weighted by Gasteiger charge is -2.09. The van der Waals surface area contributed by atoms with E-state index in [-0.39, 0.29) is 11.9 Å². The second-order valence-electron chi connectivity index (χ2n) is 4.65. The van der Waals surface area contributed by atoms with Gasteiger partial charge >= 0.3 is 5.97 Å². The summed E-state index contributed by atoms with van der Waals surface area (Å²) in [5.41, 5.74) is 0.765. The quantitative estimate of drug-likeness (QED) is 0.619. The number of aromatic nitrogens is 4. The van der Waals surface area contributed by atoms with Crippen LogP contribution in [0.3, 0.4) is 0 Å². The summed E-state index contributed by atoms with van der Waals surface area (Å²) >= 11 is 0. The monoisotopic (exact) mass is 258 g/mol. The second-order valence-corrected chi connectivity index (χ2v) is 4.65. The fraction of sp³-hybridized carbons (Fsp3) is 0.385. The third-order valence-corrected chi connectivity index (χ3v) is 3.34. The number of tetrazole rings is 1. The molecule has 1 saturated carbocycles. The SMILES string of the molecule is O=C(Oc1cccc(-n2cnnn2)c1)C1CCCC1. The van der Waals surface area contributed by atoms with Gasteiger partial charge in [-0.05, 0) is 35.4 Å². The van der Waals surface area contributed by atoms with Crippen LogP contribution in [0.15, 0.2) is 30.6 Å². The molecule has 0 saturated heterocycles. The zero-order valence-electron chi connectivity index (χ0n) is 10.4. The Morgan fingerprint density at radius 1 is 1.32 bits per heavy atom. The molecule has 0 amide bonds. The fourth-order valence-corrected chi connectivity index (χ4v) is 2.33. The van der Waals surface area contributed by atoms with Crippen LogP contribution in [0.2, 0.25) is 0 Å². The number of nitrogens with zero attached hydrogens (tertiary/aromatic N) is 4. The van der Waals surface area contributed by atoms with Crippen LogP contribution in [0, 0.1) is 5.92 Å². The minimum atomic E-state index is -0.133. The van der Waals surface area contributed by atoms with Gasteiger partial charge in [-0.25, -0.2) is 4.68 Å². The van der Waals surface area contributed by atoms with E-state index in [0.717, 1.165) is 31.4 Å². The molecule has 19 heavy (non-hydrogen) atoms. The van der Waals surface area contributed by atoms with Crippen molar-refractivity contribution in [1.29, 1.82) is 0 Å². The Balaban J connectivity index is 1.74. The van der Waals surface area contributed by atoms with Gasteiger partial charge in [-0.15, -0.1) is 5.10 Å². The largest absolute Gasteiger partial charge is 0.426 e. The van der Waals surface area contributed by atoms with Crippen LogP contribution in [0.5, 0.6) is 5.75 Å². The third-order valence-electron chi connectivity index (χ3n) is 3.34. The third kappa shape index (κ3) is 2.62. The maximum Gasteiger partial charge on any atom is 0.314 e. The summed E-state index contributed by atoms with van der Waals surface area (Å²) in [6.45, 7) is 0. The maximum atomic E-state index is 11.9. The Morgan fingerprint density at radius 3 is 2.89 bits per heavy atom. The highest BCUT2D eigenvalue weighted by Crippen LogP contribution is 2.27. The molecule has 0 atom stereocenters. The summed E-state index contributed by atoms with van der Waals surface area (Å²) in [5, 5.41) is 11.0. The van der Waals surface area contributed by atoms with Crippen molar-refractivity contribution in [3.63, 3.8) is 0 Å². The molecule has 0 N–H and O–H groups in total. The molecule has 6 heteroatoms. The molecule has 1 aromatic carbocycles. The Labute approximate surface area is 110 Å². The average molecular weight is 258 g/mol. The van der Waals surface area contributed by atoms with Gasteiger partial charge in [0, 0.05) is 6.07 Å². The molecule has 0 bridgehead atoms. The van der Waals surface area contributed by atoms with Crippen molar-refractivity contribution in [1.82, 2.24) is 20.2 Å². The first-order valence-electron chi connectivity index (χ1n) is 6.38. The van der Waals surface area contributed by atoms with Crippen LogP contribution in [0.1, 0.15) is 25.7 Å². The van der Waals surface area contributed by atoms with Crippen molar-refractivity contribution in [2.75, 3.05) is 0 Å². The van der Waals surface area contributed by atoms with Crippen LogP contribution >= 0.6 is 0 Å². The average Bonchev–Trinajstić information content (AvgIpc) is 3.13. The summed E-state index contributed by atoms with van der Waals surface area (Å²) < 4.78 is 6.94. The van der Waals surface area contributed by atoms with E-state index >= 15 is 0 Å². The Morgan fingerprint density at radius 2 is 2.16 bits per heavy atom. The van der Waals surface area contributed by atoms with Crippen LogP contribution in [0.25, 0.3) is 5.69 Å². The van der Waals surface area contributed by atoms with E-state index in [0.29, 0.717) is 5.75 Å². The highest BCUT2D eigenvalue weighted by molar-refractivity contribution is 5.75. The second kappa shape index (κ2) is 5.17.